The molecular weight excluding hydrogens is 276 g/mol. The Hall–Kier alpha value is -1.42. The molecule has 3 N–H and O–H groups in total. The molecule has 1 rings (SSSR count). The number of nitrogens with one attached hydrogen (secondary N) is 1. The summed E-state index contributed by atoms with van der Waals surface area (Å²) in [5.41, 5.74) is 6.51. The molecule has 0 radical (unpaired) electrons. The highest BCUT2D eigenvalue weighted by molar-refractivity contribution is 6.33. The molecule has 0 saturated carbocycles. The Morgan fingerprint density at radius 3 is 2.55 bits per heavy atom. The highest BCUT2D eigenvalue weighted by Gasteiger charge is 2.16. The maximum Gasteiger partial charge on any atom is 0.255 e. The molecule has 0 bridgehead atoms. The topological polar surface area (TPSA) is 64.3 Å². The number of ether oxygens (including phenoxy) is 1. The number of hydrogen-bond acceptors (Lipinski definition) is 3. The standard InChI is InChI=1S/C15H23ClN2O2/c1-9(2)5-6-10(3)18-15(19)11-7-12(16)13(17)8-14(11)20-4/h7-10H,5-6,17H2,1-4H3,(H,18,19). The first kappa shape index (κ1) is 16.6. The predicted octanol–water partition coefficient (Wildman–Crippen LogP) is 3.49. The molecule has 112 valence electrons. The Labute approximate surface area is 125 Å². The number of amides is 1. The van der Waals surface area contributed by atoms with Crippen LogP contribution in [0.2, 0.25) is 5.02 Å². The fourth-order valence-electron chi connectivity index (χ4n) is 1.87. The van der Waals surface area contributed by atoms with E-state index in [0.717, 1.165) is 12.8 Å². The van der Waals surface area contributed by atoms with E-state index in [2.05, 4.69) is 19.2 Å². The molecule has 5 heteroatoms. The van der Waals surface area contributed by atoms with Crippen molar-refractivity contribution < 1.29 is 9.53 Å². The van der Waals surface area contributed by atoms with Crippen molar-refractivity contribution in [1.29, 1.82) is 0 Å². The predicted molar refractivity (Wildman–Crippen MR) is 83.4 cm³/mol. The zero-order valence-corrected chi connectivity index (χ0v) is 13.3. The minimum absolute atomic E-state index is 0.103. The van der Waals surface area contributed by atoms with Gasteiger partial charge >= 0.3 is 0 Å². The lowest BCUT2D eigenvalue weighted by Crippen LogP contribution is -2.33. The molecule has 0 aliphatic heterocycles. The van der Waals surface area contributed by atoms with Gasteiger partial charge in [0.2, 0.25) is 0 Å². The molecule has 0 aliphatic rings. The molecule has 1 aromatic rings. The second-order valence-electron chi connectivity index (χ2n) is 5.42. The minimum Gasteiger partial charge on any atom is -0.496 e. The number of rotatable bonds is 6. The van der Waals surface area contributed by atoms with E-state index in [9.17, 15) is 4.79 Å². The van der Waals surface area contributed by atoms with Crippen molar-refractivity contribution in [2.24, 2.45) is 5.92 Å². The number of carbonyl (C=O) groups excluding carboxylic acids is 1. The highest BCUT2D eigenvalue weighted by atomic mass is 35.5. The first-order valence-electron chi connectivity index (χ1n) is 6.79. The van der Waals surface area contributed by atoms with E-state index in [4.69, 9.17) is 22.1 Å². The third-order valence-corrected chi connectivity index (χ3v) is 3.45. The van der Waals surface area contributed by atoms with Gasteiger partial charge in [-0.2, -0.15) is 0 Å². The number of hydrogen-bond donors (Lipinski definition) is 2. The lowest BCUT2D eigenvalue weighted by atomic mass is 10.0. The van der Waals surface area contributed by atoms with Crippen LogP contribution in [0.3, 0.4) is 0 Å². The number of anilines is 1. The zero-order chi connectivity index (χ0) is 15.3. The summed E-state index contributed by atoms with van der Waals surface area (Å²) in [5.74, 6) is 0.857. The third-order valence-electron chi connectivity index (χ3n) is 3.12. The molecule has 20 heavy (non-hydrogen) atoms. The smallest absolute Gasteiger partial charge is 0.255 e. The van der Waals surface area contributed by atoms with Gasteiger partial charge < -0.3 is 15.8 Å². The lowest BCUT2D eigenvalue weighted by molar-refractivity contribution is 0.0934. The van der Waals surface area contributed by atoms with Gasteiger partial charge in [-0.15, -0.1) is 0 Å². The van der Waals surface area contributed by atoms with E-state index < -0.39 is 0 Å². The van der Waals surface area contributed by atoms with E-state index in [1.807, 2.05) is 6.92 Å². The van der Waals surface area contributed by atoms with Crippen LogP contribution in [0, 0.1) is 5.92 Å². The summed E-state index contributed by atoms with van der Waals surface area (Å²) in [5, 5.41) is 3.31. The Balaban J connectivity index is 2.79. The number of nitrogen functional groups attached to an aromatic ring is 1. The van der Waals surface area contributed by atoms with Gasteiger partial charge in [0.05, 0.1) is 23.4 Å². The minimum atomic E-state index is -0.194. The number of nitrogens with two attached hydrogens (primary N) is 1. The summed E-state index contributed by atoms with van der Waals surface area (Å²) in [7, 11) is 1.50. The van der Waals surface area contributed by atoms with E-state index >= 15 is 0 Å². The molecule has 1 atom stereocenters. The molecule has 0 saturated heterocycles. The average Bonchev–Trinajstić information content (AvgIpc) is 2.38. The van der Waals surface area contributed by atoms with Crippen LogP contribution in [0.5, 0.6) is 5.75 Å². The Kier molecular flexibility index (Phi) is 6.14. The molecule has 0 aliphatic carbocycles. The Morgan fingerprint density at radius 1 is 1.35 bits per heavy atom. The first-order chi connectivity index (χ1) is 9.35. The van der Waals surface area contributed by atoms with Gasteiger partial charge in [-0.3, -0.25) is 4.79 Å². The van der Waals surface area contributed by atoms with Gasteiger partial charge in [0.1, 0.15) is 5.75 Å². The van der Waals surface area contributed by atoms with Gasteiger partial charge in [-0.25, -0.2) is 0 Å². The quantitative estimate of drug-likeness (QED) is 0.790. The van der Waals surface area contributed by atoms with Crippen LogP contribution in [-0.4, -0.2) is 19.1 Å². The van der Waals surface area contributed by atoms with Crippen molar-refractivity contribution in [2.45, 2.75) is 39.7 Å². The maximum absolute atomic E-state index is 12.3. The molecule has 0 spiro atoms. The number of carbonyl (C=O) groups is 1. The maximum atomic E-state index is 12.3. The van der Waals surface area contributed by atoms with Gasteiger partial charge in [0.25, 0.3) is 5.91 Å². The van der Waals surface area contributed by atoms with Crippen LogP contribution in [-0.2, 0) is 0 Å². The molecule has 1 aromatic carbocycles. The molecule has 4 nitrogen and oxygen atoms in total. The number of benzene rings is 1. The monoisotopic (exact) mass is 298 g/mol. The van der Waals surface area contributed by atoms with E-state index in [0.29, 0.717) is 27.9 Å². The van der Waals surface area contributed by atoms with Crippen molar-refractivity contribution in [3.63, 3.8) is 0 Å². The number of halogens is 1. The normalized spacial score (nSPS) is 12.3. The van der Waals surface area contributed by atoms with Crippen molar-refractivity contribution in [1.82, 2.24) is 5.32 Å². The summed E-state index contributed by atoms with van der Waals surface area (Å²) in [4.78, 5) is 12.3. The summed E-state index contributed by atoms with van der Waals surface area (Å²) in [6.07, 6.45) is 2.01. The van der Waals surface area contributed by atoms with E-state index in [1.54, 1.807) is 12.1 Å². The largest absolute Gasteiger partial charge is 0.496 e. The summed E-state index contributed by atoms with van der Waals surface area (Å²) < 4.78 is 5.18. The number of methoxy groups -OCH3 is 1. The third kappa shape index (κ3) is 4.60. The molecule has 1 unspecified atom stereocenters. The van der Waals surface area contributed by atoms with Crippen LogP contribution in [0.15, 0.2) is 12.1 Å². The first-order valence-corrected chi connectivity index (χ1v) is 7.16. The SMILES string of the molecule is COc1cc(N)c(Cl)cc1C(=O)NC(C)CCC(C)C. The van der Waals surface area contributed by atoms with Crippen LogP contribution >= 0.6 is 11.6 Å². The van der Waals surface area contributed by atoms with Crippen LogP contribution < -0.4 is 15.8 Å². The fraction of sp³-hybridized carbons (Fsp3) is 0.533. The van der Waals surface area contributed by atoms with Gasteiger partial charge in [0, 0.05) is 12.1 Å². The molecule has 1 amide bonds. The van der Waals surface area contributed by atoms with Crippen LogP contribution in [0.25, 0.3) is 0 Å². The lowest BCUT2D eigenvalue weighted by Gasteiger charge is -2.17. The second-order valence-corrected chi connectivity index (χ2v) is 5.83. The van der Waals surface area contributed by atoms with E-state index in [1.165, 1.54) is 7.11 Å². The van der Waals surface area contributed by atoms with Gasteiger partial charge in [0.15, 0.2) is 0 Å². The van der Waals surface area contributed by atoms with E-state index in [-0.39, 0.29) is 11.9 Å². The summed E-state index contributed by atoms with van der Waals surface area (Å²) >= 11 is 5.97. The fourth-order valence-corrected chi connectivity index (χ4v) is 2.04. The zero-order valence-electron chi connectivity index (χ0n) is 12.5. The summed E-state index contributed by atoms with van der Waals surface area (Å²) in [6, 6.07) is 3.21. The molecule has 0 aromatic heterocycles. The van der Waals surface area contributed by atoms with Crippen LogP contribution in [0.1, 0.15) is 44.0 Å². The highest BCUT2D eigenvalue weighted by Crippen LogP contribution is 2.28. The molecule has 0 fully saturated rings. The Morgan fingerprint density at radius 2 is 2.00 bits per heavy atom. The Bertz CT molecular complexity index is 475. The second kappa shape index (κ2) is 7.39. The summed E-state index contributed by atoms with van der Waals surface area (Å²) in [6.45, 7) is 6.32. The van der Waals surface area contributed by atoms with Crippen molar-refractivity contribution in [3.8, 4) is 5.75 Å². The average molecular weight is 299 g/mol. The van der Waals surface area contributed by atoms with Crippen LogP contribution in [0.4, 0.5) is 5.69 Å². The van der Waals surface area contributed by atoms with Crippen molar-refractivity contribution in [3.05, 3.63) is 22.7 Å². The van der Waals surface area contributed by atoms with Crippen molar-refractivity contribution >= 4 is 23.2 Å². The van der Waals surface area contributed by atoms with Crippen molar-refractivity contribution in [2.75, 3.05) is 12.8 Å². The van der Waals surface area contributed by atoms with Gasteiger partial charge in [-0.05, 0) is 31.7 Å². The molecule has 0 heterocycles. The van der Waals surface area contributed by atoms with Gasteiger partial charge in [-0.1, -0.05) is 25.4 Å². The molecular formula is C15H23ClN2O2.